The molecule has 1 N–H and O–H groups in total. The Hall–Kier alpha value is -3.95. The molecule has 2 aromatic heterocycles. The van der Waals surface area contributed by atoms with Gasteiger partial charge in [0.05, 0.1) is 22.5 Å². The zero-order valence-electron chi connectivity index (χ0n) is 16.1. The maximum absolute atomic E-state index is 12.8. The number of amides is 1. The van der Waals surface area contributed by atoms with Gasteiger partial charge in [-0.05, 0) is 26.0 Å². The molecule has 2 heterocycles. The van der Waals surface area contributed by atoms with Gasteiger partial charge in [-0.2, -0.15) is 0 Å². The lowest BCUT2D eigenvalue weighted by Gasteiger charge is -2.08. The second kappa shape index (κ2) is 7.58. The third-order valence-electron chi connectivity index (χ3n) is 4.59. The number of aryl methyl sites for hydroxylation is 1. The van der Waals surface area contributed by atoms with Gasteiger partial charge in [0.2, 0.25) is 5.91 Å². The highest BCUT2D eigenvalue weighted by molar-refractivity contribution is 5.91. The number of aromatic nitrogens is 3. The van der Waals surface area contributed by atoms with Gasteiger partial charge in [-0.15, -0.1) is 0 Å². The third-order valence-corrected chi connectivity index (χ3v) is 4.59. The molecule has 0 bridgehead atoms. The molecule has 0 aliphatic rings. The summed E-state index contributed by atoms with van der Waals surface area (Å²) >= 11 is 0. The lowest BCUT2D eigenvalue weighted by Crippen LogP contribution is -2.30. The monoisotopic (exact) mass is 397 g/mol. The molecular weight excluding hydrogens is 378 g/mol. The van der Waals surface area contributed by atoms with Crippen molar-refractivity contribution in [2.24, 2.45) is 7.05 Å². The van der Waals surface area contributed by atoms with Gasteiger partial charge in [-0.25, -0.2) is 4.68 Å². The molecule has 3 aromatic rings. The molecular formula is C19H19N5O5. The first-order chi connectivity index (χ1) is 13.7. The molecule has 0 aliphatic carbocycles. The number of carbonyl (C=O) groups is 1. The van der Waals surface area contributed by atoms with Gasteiger partial charge < -0.3 is 5.32 Å². The van der Waals surface area contributed by atoms with Crippen LogP contribution in [0, 0.1) is 24.0 Å². The van der Waals surface area contributed by atoms with Gasteiger partial charge in [0.25, 0.3) is 16.8 Å². The quantitative estimate of drug-likeness (QED) is 0.517. The average Bonchev–Trinajstić information content (AvgIpc) is 2.89. The topological polar surface area (TPSA) is 121 Å². The third kappa shape index (κ3) is 3.72. The van der Waals surface area contributed by atoms with Crippen molar-refractivity contribution in [1.29, 1.82) is 0 Å². The highest BCUT2D eigenvalue weighted by Crippen LogP contribution is 2.14. The standard InChI is InChI=1S/C19H19N5O5/c1-12-9-15(24(28)29)10-22(18(12)26)11-16(25)20-17-13(2)21(3)23(19(17)27)14-7-5-4-6-8-14/h4-10H,11H2,1-3H3,(H,20,25). The van der Waals surface area contributed by atoms with E-state index < -0.39 is 28.5 Å². The maximum Gasteiger partial charge on any atom is 0.295 e. The molecule has 1 amide bonds. The maximum atomic E-state index is 12.8. The minimum Gasteiger partial charge on any atom is -0.318 e. The van der Waals surface area contributed by atoms with E-state index in [2.05, 4.69) is 5.32 Å². The number of nitrogens with one attached hydrogen (secondary N) is 1. The van der Waals surface area contributed by atoms with Crippen molar-refractivity contribution in [3.63, 3.8) is 0 Å². The molecule has 3 rings (SSSR count). The lowest BCUT2D eigenvalue weighted by molar-refractivity contribution is -0.385. The molecule has 1 aromatic carbocycles. The Balaban J connectivity index is 1.93. The van der Waals surface area contributed by atoms with Crippen LogP contribution in [0.4, 0.5) is 11.4 Å². The van der Waals surface area contributed by atoms with Crippen molar-refractivity contribution in [2.75, 3.05) is 5.32 Å². The summed E-state index contributed by atoms with van der Waals surface area (Å²) in [6, 6.07) is 10.1. The van der Waals surface area contributed by atoms with E-state index >= 15 is 0 Å². The number of hydrogen-bond donors (Lipinski definition) is 1. The molecule has 0 fully saturated rings. The first kappa shape index (κ1) is 19.8. The number of anilines is 1. The van der Waals surface area contributed by atoms with Crippen LogP contribution in [0.2, 0.25) is 0 Å². The summed E-state index contributed by atoms with van der Waals surface area (Å²) in [4.78, 5) is 47.9. The summed E-state index contributed by atoms with van der Waals surface area (Å²) in [5.74, 6) is -0.641. The van der Waals surface area contributed by atoms with Crippen LogP contribution < -0.4 is 16.4 Å². The summed E-state index contributed by atoms with van der Waals surface area (Å²) < 4.78 is 3.97. The number of benzene rings is 1. The summed E-state index contributed by atoms with van der Waals surface area (Å²) in [5, 5.41) is 13.5. The fourth-order valence-corrected chi connectivity index (χ4v) is 3.03. The SMILES string of the molecule is Cc1cc([N+](=O)[O-])cn(CC(=O)Nc2c(C)n(C)n(-c3ccccc3)c2=O)c1=O. The molecule has 150 valence electrons. The number of para-hydroxylation sites is 1. The van der Waals surface area contributed by atoms with Gasteiger partial charge in [0, 0.05) is 18.7 Å². The molecule has 0 radical (unpaired) electrons. The Morgan fingerprint density at radius 2 is 1.79 bits per heavy atom. The minimum absolute atomic E-state index is 0.0801. The van der Waals surface area contributed by atoms with Gasteiger partial charge in [0.1, 0.15) is 12.2 Å². The lowest BCUT2D eigenvalue weighted by atomic mass is 10.3. The molecule has 0 atom stereocenters. The van der Waals surface area contributed by atoms with Gasteiger partial charge in [-0.3, -0.25) is 33.7 Å². The van der Waals surface area contributed by atoms with E-state index in [1.54, 1.807) is 42.9 Å². The fraction of sp³-hybridized carbons (Fsp3) is 0.211. The predicted molar refractivity (Wildman–Crippen MR) is 106 cm³/mol. The first-order valence-corrected chi connectivity index (χ1v) is 8.70. The highest BCUT2D eigenvalue weighted by Gasteiger charge is 2.19. The normalized spacial score (nSPS) is 10.7. The zero-order valence-corrected chi connectivity index (χ0v) is 16.1. The van der Waals surface area contributed by atoms with Crippen molar-refractivity contribution in [2.45, 2.75) is 20.4 Å². The van der Waals surface area contributed by atoms with E-state index in [1.165, 1.54) is 11.6 Å². The summed E-state index contributed by atoms with van der Waals surface area (Å²) in [5.41, 5.74) is 0.149. The van der Waals surface area contributed by atoms with E-state index in [9.17, 15) is 24.5 Å². The van der Waals surface area contributed by atoms with Crippen LogP contribution in [-0.2, 0) is 18.4 Å². The molecule has 0 saturated heterocycles. The number of carbonyl (C=O) groups excluding carboxylic acids is 1. The van der Waals surface area contributed by atoms with E-state index in [0.29, 0.717) is 11.4 Å². The van der Waals surface area contributed by atoms with Crippen molar-refractivity contribution in [3.8, 4) is 5.69 Å². The molecule has 10 heteroatoms. The van der Waals surface area contributed by atoms with Crippen molar-refractivity contribution in [3.05, 3.63) is 84.7 Å². The number of rotatable bonds is 5. The average molecular weight is 397 g/mol. The molecule has 29 heavy (non-hydrogen) atoms. The van der Waals surface area contributed by atoms with E-state index in [1.807, 2.05) is 6.07 Å². The molecule has 0 aliphatic heterocycles. The Morgan fingerprint density at radius 3 is 2.41 bits per heavy atom. The molecule has 0 saturated carbocycles. The van der Waals surface area contributed by atoms with Crippen LogP contribution in [-0.4, -0.2) is 24.8 Å². The Kier molecular flexibility index (Phi) is 5.18. The number of nitrogens with zero attached hydrogens (tertiary/aromatic N) is 4. The van der Waals surface area contributed by atoms with Crippen molar-refractivity contribution >= 4 is 17.3 Å². The van der Waals surface area contributed by atoms with Crippen LogP contribution in [0.15, 0.2) is 52.2 Å². The summed E-state index contributed by atoms with van der Waals surface area (Å²) in [6.07, 6.45) is 1.01. The van der Waals surface area contributed by atoms with Crippen molar-refractivity contribution in [1.82, 2.24) is 13.9 Å². The molecule has 0 unspecified atom stereocenters. The first-order valence-electron chi connectivity index (χ1n) is 8.70. The van der Waals surface area contributed by atoms with Gasteiger partial charge >= 0.3 is 0 Å². The molecule has 0 spiro atoms. The Labute approximate surface area is 164 Å². The van der Waals surface area contributed by atoms with Crippen LogP contribution in [0.25, 0.3) is 5.69 Å². The van der Waals surface area contributed by atoms with E-state index in [0.717, 1.165) is 16.8 Å². The molecule has 10 nitrogen and oxygen atoms in total. The van der Waals surface area contributed by atoms with E-state index in [4.69, 9.17) is 0 Å². The minimum atomic E-state index is -0.641. The van der Waals surface area contributed by atoms with Gasteiger partial charge in [0.15, 0.2) is 0 Å². The number of pyridine rings is 1. The number of nitro groups is 1. The van der Waals surface area contributed by atoms with Crippen LogP contribution in [0.3, 0.4) is 0 Å². The fourth-order valence-electron chi connectivity index (χ4n) is 3.03. The smallest absolute Gasteiger partial charge is 0.295 e. The van der Waals surface area contributed by atoms with Crippen LogP contribution >= 0.6 is 0 Å². The zero-order chi connectivity index (χ0) is 21.3. The van der Waals surface area contributed by atoms with Gasteiger partial charge in [-0.1, -0.05) is 18.2 Å². The Bertz CT molecular complexity index is 1220. The highest BCUT2D eigenvalue weighted by atomic mass is 16.6. The van der Waals surface area contributed by atoms with Crippen molar-refractivity contribution < 1.29 is 9.72 Å². The number of hydrogen-bond acceptors (Lipinski definition) is 5. The largest absolute Gasteiger partial charge is 0.318 e. The predicted octanol–water partition coefficient (Wildman–Crippen LogP) is 1.50. The Morgan fingerprint density at radius 1 is 1.14 bits per heavy atom. The van der Waals surface area contributed by atoms with Crippen LogP contribution in [0.5, 0.6) is 0 Å². The second-order valence-electron chi connectivity index (χ2n) is 6.56. The van der Waals surface area contributed by atoms with Crippen LogP contribution in [0.1, 0.15) is 11.3 Å². The second-order valence-corrected chi connectivity index (χ2v) is 6.56. The summed E-state index contributed by atoms with van der Waals surface area (Å²) in [6.45, 7) is 2.66. The van der Waals surface area contributed by atoms with E-state index in [-0.39, 0.29) is 16.9 Å². The summed E-state index contributed by atoms with van der Waals surface area (Å²) in [7, 11) is 1.69.